The molecule has 2 rings (SSSR count). The minimum absolute atomic E-state index is 0.0569. The van der Waals surface area contributed by atoms with E-state index in [1.807, 2.05) is 18.9 Å². The van der Waals surface area contributed by atoms with E-state index in [9.17, 15) is 4.79 Å². The van der Waals surface area contributed by atoms with Gasteiger partial charge in [-0.05, 0) is 31.4 Å². The van der Waals surface area contributed by atoms with Crippen LogP contribution in [0.25, 0.3) is 0 Å². The summed E-state index contributed by atoms with van der Waals surface area (Å²) in [6, 6.07) is 1.99. The highest BCUT2D eigenvalue weighted by atomic mass is 35.5. The number of aryl methyl sites for hydroxylation is 1. The molecule has 3 nitrogen and oxygen atoms in total. The van der Waals surface area contributed by atoms with Crippen molar-refractivity contribution in [1.29, 1.82) is 0 Å². The lowest BCUT2D eigenvalue weighted by atomic mass is 9.94. The fourth-order valence-electron chi connectivity index (χ4n) is 2.66. The van der Waals surface area contributed by atoms with Crippen molar-refractivity contribution >= 4 is 29.1 Å². The molecule has 104 valence electrons. The van der Waals surface area contributed by atoms with Crippen molar-refractivity contribution in [2.24, 2.45) is 0 Å². The summed E-state index contributed by atoms with van der Waals surface area (Å²) in [5, 5.41) is 0.511. The highest BCUT2D eigenvalue weighted by Gasteiger charge is 2.26. The zero-order valence-corrected chi connectivity index (χ0v) is 12.8. The Balaban J connectivity index is 2.23. The molecule has 1 aromatic rings. The molecule has 1 aliphatic rings. The van der Waals surface area contributed by atoms with Gasteiger partial charge in [-0.2, -0.15) is 0 Å². The Morgan fingerprint density at radius 2 is 1.95 bits per heavy atom. The predicted molar refractivity (Wildman–Crippen MR) is 78.0 cm³/mol. The fourth-order valence-corrected chi connectivity index (χ4v) is 3.28. The Hall–Kier alpha value is -0.800. The van der Waals surface area contributed by atoms with Crippen LogP contribution in [0.1, 0.15) is 48.0 Å². The van der Waals surface area contributed by atoms with Crippen LogP contribution in [0.3, 0.4) is 0 Å². The third-order valence-electron chi connectivity index (χ3n) is 3.80. The molecule has 0 radical (unpaired) electrons. The third kappa shape index (κ3) is 3.21. The van der Waals surface area contributed by atoms with Gasteiger partial charge in [0, 0.05) is 13.1 Å². The average Bonchev–Trinajstić information content (AvgIpc) is 2.37. The molecule has 0 N–H and O–H groups in total. The molecular formula is C14H18Cl2N2O. The number of rotatable bonds is 2. The molecule has 0 aromatic carbocycles. The van der Waals surface area contributed by atoms with Crippen LogP contribution in [-0.2, 0) is 0 Å². The summed E-state index contributed by atoms with van der Waals surface area (Å²) in [5.41, 5.74) is 1.25. The van der Waals surface area contributed by atoms with Crippen LogP contribution in [0, 0.1) is 6.92 Å². The van der Waals surface area contributed by atoms with Gasteiger partial charge in [-0.25, -0.2) is 4.98 Å². The summed E-state index contributed by atoms with van der Waals surface area (Å²) >= 11 is 11.9. The van der Waals surface area contributed by atoms with Crippen molar-refractivity contribution in [3.05, 3.63) is 27.5 Å². The quantitative estimate of drug-likeness (QED) is 0.770. The normalized spacial score (nSPS) is 16.4. The molecule has 0 unspecified atom stereocenters. The van der Waals surface area contributed by atoms with Gasteiger partial charge < -0.3 is 4.90 Å². The second-order valence-corrected chi connectivity index (χ2v) is 5.88. The van der Waals surface area contributed by atoms with E-state index in [1.54, 1.807) is 6.07 Å². The van der Waals surface area contributed by atoms with Gasteiger partial charge in [0.1, 0.15) is 10.3 Å². The second-order valence-electron chi connectivity index (χ2n) is 5.14. The average molecular weight is 301 g/mol. The highest BCUT2D eigenvalue weighted by molar-refractivity contribution is 6.34. The molecule has 0 atom stereocenters. The van der Waals surface area contributed by atoms with Gasteiger partial charge in [-0.15, -0.1) is 0 Å². The lowest BCUT2D eigenvalue weighted by molar-refractivity contribution is 0.0695. The third-order valence-corrected chi connectivity index (χ3v) is 4.26. The van der Waals surface area contributed by atoms with Crippen molar-refractivity contribution in [1.82, 2.24) is 9.88 Å². The Morgan fingerprint density at radius 3 is 2.53 bits per heavy atom. The van der Waals surface area contributed by atoms with E-state index < -0.39 is 0 Å². The highest BCUT2D eigenvalue weighted by Crippen LogP contribution is 2.26. The van der Waals surface area contributed by atoms with Gasteiger partial charge in [0.2, 0.25) is 0 Å². The van der Waals surface area contributed by atoms with Gasteiger partial charge in [0.25, 0.3) is 5.91 Å². The molecule has 0 aliphatic heterocycles. The maximum absolute atomic E-state index is 12.6. The molecule has 1 fully saturated rings. The Morgan fingerprint density at radius 1 is 1.32 bits per heavy atom. The maximum Gasteiger partial charge on any atom is 0.257 e. The van der Waals surface area contributed by atoms with Crippen LogP contribution >= 0.6 is 23.2 Å². The van der Waals surface area contributed by atoms with E-state index in [0.29, 0.717) is 16.8 Å². The SMILES string of the molecule is Cc1cc(Cl)nc(Cl)c1C(=O)N(C)C1CCCCC1. The van der Waals surface area contributed by atoms with Crippen LogP contribution in [0.5, 0.6) is 0 Å². The van der Waals surface area contributed by atoms with Gasteiger partial charge >= 0.3 is 0 Å². The minimum atomic E-state index is -0.0569. The number of hydrogen-bond donors (Lipinski definition) is 0. The Labute approximate surface area is 123 Å². The van der Waals surface area contributed by atoms with Gasteiger partial charge in [0.05, 0.1) is 5.56 Å². The maximum atomic E-state index is 12.6. The van der Waals surface area contributed by atoms with Crippen molar-refractivity contribution < 1.29 is 4.79 Å². The topological polar surface area (TPSA) is 33.2 Å². The molecular weight excluding hydrogens is 283 g/mol. The fraction of sp³-hybridized carbons (Fsp3) is 0.571. The Kier molecular flexibility index (Phi) is 4.69. The van der Waals surface area contributed by atoms with Crippen molar-refractivity contribution in [2.75, 3.05) is 7.05 Å². The van der Waals surface area contributed by atoms with Crippen LogP contribution in [0.15, 0.2) is 6.07 Å². The van der Waals surface area contributed by atoms with Crippen molar-refractivity contribution in [3.63, 3.8) is 0 Å². The van der Waals surface area contributed by atoms with Crippen molar-refractivity contribution in [3.8, 4) is 0 Å². The number of aromatic nitrogens is 1. The number of carbonyl (C=O) groups excluding carboxylic acids is 1. The van der Waals surface area contributed by atoms with E-state index in [2.05, 4.69) is 4.98 Å². The monoisotopic (exact) mass is 300 g/mol. The zero-order chi connectivity index (χ0) is 14.0. The lowest BCUT2D eigenvalue weighted by Crippen LogP contribution is -2.38. The van der Waals surface area contributed by atoms with Crippen LogP contribution in [0.4, 0.5) is 0 Å². The zero-order valence-electron chi connectivity index (χ0n) is 11.2. The summed E-state index contributed by atoms with van der Waals surface area (Å²) < 4.78 is 0. The minimum Gasteiger partial charge on any atom is -0.339 e. The number of amides is 1. The number of nitrogens with zero attached hydrogens (tertiary/aromatic N) is 2. The molecule has 19 heavy (non-hydrogen) atoms. The van der Waals surface area contributed by atoms with Crippen LogP contribution in [0.2, 0.25) is 10.3 Å². The van der Waals surface area contributed by atoms with Gasteiger partial charge in [0.15, 0.2) is 0 Å². The number of halogens is 2. The molecule has 1 aromatic heterocycles. The smallest absolute Gasteiger partial charge is 0.257 e. The van der Waals surface area contributed by atoms with Crippen LogP contribution < -0.4 is 0 Å². The van der Waals surface area contributed by atoms with E-state index in [4.69, 9.17) is 23.2 Å². The second kappa shape index (κ2) is 6.10. The summed E-state index contributed by atoms with van der Waals surface area (Å²) in [5.74, 6) is -0.0569. The van der Waals surface area contributed by atoms with Gasteiger partial charge in [-0.3, -0.25) is 4.79 Å². The first-order valence-electron chi connectivity index (χ1n) is 6.60. The molecule has 5 heteroatoms. The molecule has 1 aliphatic carbocycles. The first-order chi connectivity index (χ1) is 9.00. The largest absolute Gasteiger partial charge is 0.339 e. The summed E-state index contributed by atoms with van der Waals surface area (Å²) in [6.45, 7) is 1.83. The summed E-state index contributed by atoms with van der Waals surface area (Å²) in [4.78, 5) is 18.3. The predicted octanol–water partition coefficient (Wildman–Crippen LogP) is 4.10. The molecule has 0 bridgehead atoms. The van der Waals surface area contributed by atoms with E-state index in [1.165, 1.54) is 19.3 Å². The van der Waals surface area contributed by atoms with Crippen molar-refractivity contribution in [2.45, 2.75) is 45.1 Å². The first-order valence-corrected chi connectivity index (χ1v) is 7.36. The van der Waals surface area contributed by atoms with E-state index in [-0.39, 0.29) is 11.1 Å². The Bertz CT molecular complexity index is 461. The lowest BCUT2D eigenvalue weighted by Gasteiger charge is -2.31. The first kappa shape index (κ1) is 14.6. The van der Waals surface area contributed by atoms with Gasteiger partial charge in [-0.1, -0.05) is 42.5 Å². The number of carbonyl (C=O) groups is 1. The summed E-state index contributed by atoms with van der Waals surface area (Å²) in [6.07, 6.45) is 5.78. The molecule has 1 saturated carbocycles. The van der Waals surface area contributed by atoms with E-state index in [0.717, 1.165) is 18.4 Å². The molecule has 1 amide bonds. The number of pyridine rings is 1. The van der Waals surface area contributed by atoms with E-state index >= 15 is 0 Å². The van der Waals surface area contributed by atoms with Crippen LogP contribution in [-0.4, -0.2) is 28.9 Å². The molecule has 1 heterocycles. The number of hydrogen-bond acceptors (Lipinski definition) is 2. The molecule has 0 spiro atoms. The molecule has 0 saturated heterocycles. The standard InChI is InChI=1S/C14H18Cl2N2O/c1-9-8-11(15)17-13(16)12(9)14(19)18(2)10-6-4-3-5-7-10/h8,10H,3-7H2,1-2H3. The summed E-state index contributed by atoms with van der Waals surface area (Å²) in [7, 11) is 1.85.